The van der Waals surface area contributed by atoms with Gasteiger partial charge in [0.2, 0.25) is 5.91 Å². The summed E-state index contributed by atoms with van der Waals surface area (Å²) in [5.41, 5.74) is 1.41. The van der Waals surface area contributed by atoms with Crippen molar-refractivity contribution in [3.63, 3.8) is 0 Å². The SMILES string of the molecule is CCSc1ccccc1C(=O)OCCC(=O)NC(=O)NCc1ccccc1. The molecule has 27 heavy (non-hydrogen) atoms. The fourth-order valence-corrected chi connectivity index (χ4v) is 3.04. The van der Waals surface area contributed by atoms with Gasteiger partial charge in [-0.1, -0.05) is 49.4 Å². The van der Waals surface area contributed by atoms with Gasteiger partial charge < -0.3 is 10.1 Å². The summed E-state index contributed by atoms with van der Waals surface area (Å²) in [5, 5.41) is 4.81. The topological polar surface area (TPSA) is 84.5 Å². The molecule has 0 aliphatic carbocycles. The smallest absolute Gasteiger partial charge is 0.339 e. The third kappa shape index (κ3) is 7.15. The summed E-state index contributed by atoms with van der Waals surface area (Å²) in [7, 11) is 0. The van der Waals surface area contributed by atoms with Gasteiger partial charge in [-0.05, 0) is 23.4 Å². The van der Waals surface area contributed by atoms with Gasteiger partial charge in [-0.25, -0.2) is 9.59 Å². The number of imide groups is 1. The van der Waals surface area contributed by atoms with E-state index in [1.165, 1.54) is 0 Å². The number of carbonyl (C=O) groups excluding carboxylic acids is 3. The second-order valence-electron chi connectivity index (χ2n) is 5.53. The van der Waals surface area contributed by atoms with Crippen LogP contribution >= 0.6 is 11.8 Å². The molecule has 0 aromatic heterocycles. The van der Waals surface area contributed by atoms with Crippen LogP contribution < -0.4 is 10.6 Å². The van der Waals surface area contributed by atoms with Crippen LogP contribution in [0.5, 0.6) is 0 Å². The van der Waals surface area contributed by atoms with Crippen LogP contribution in [-0.2, 0) is 16.1 Å². The molecular weight excluding hydrogens is 364 g/mol. The van der Waals surface area contributed by atoms with Gasteiger partial charge >= 0.3 is 12.0 Å². The highest BCUT2D eigenvalue weighted by Gasteiger charge is 2.14. The molecule has 0 saturated heterocycles. The van der Waals surface area contributed by atoms with Crippen LogP contribution in [0.4, 0.5) is 4.79 Å². The van der Waals surface area contributed by atoms with E-state index in [4.69, 9.17) is 4.74 Å². The average Bonchev–Trinajstić information content (AvgIpc) is 2.68. The summed E-state index contributed by atoms with van der Waals surface area (Å²) < 4.78 is 5.15. The first-order chi connectivity index (χ1) is 13.1. The van der Waals surface area contributed by atoms with Gasteiger partial charge in [-0.3, -0.25) is 10.1 Å². The van der Waals surface area contributed by atoms with Gasteiger partial charge in [0.15, 0.2) is 0 Å². The van der Waals surface area contributed by atoms with Crippen molar-refractivity contribution in [3.8, 4) is 0 Å². The highest BCUT2D eigenvalue weighted by molar-refractivity contribution is 7.99. The lowest BCUT2D eigenvalue weighted by atomic mass is 10.2. The third-order valence-electron chi connectivity index (χ3n) is 3.52. The van der Waals surface area contributed by atoms with Crippen molar-refractivity contribution in [2.24, 2.45) is 0 Å². The molecular formula is C20H22N2O4S. The zero-order chi connectivity index (χ0) is 19.5. The monoisotopic (exact) mass is 386 g/mol. The molecule has 0 fully saturated rings. The lowest BCUT2D eigenvalue weighted by molar-refractivity contribution is -0.120. The van der Waals surface area contributed by atoms with Gasteiger partial charge in [-0.2, -0.15) is 0 Å². The minimum Gasteiger partial charge on any atom is -0.462 e. The molecule has 0 atom stereocenters. The van der Waals surface area contributed by atoms with Gasteiger partial charge in [0, 0.05) is 11.4 Å². The third-order valence-corrected chi connectivity index (χ3v) is 4.47. The molecule has 2 aromatic rings. The van der Waals surface area contributed by atoms with Crippen LogP contribution in [0.3, 0.4) is 0 Å². The minimum atomic E-state index is -0.583. The first kappa shape index (κ1) is 20.5. The Morgan fingerprint density at radius 1 is 1.00 bits per heavy atom. The summed E-state index contributed by atoms with van der Waals surface area (Å²) in [6, 6.07) is 15.9. The molecule has 2 N–H and O–H groups in total. The number of esters is 1. The zero-order valence-electron chi connectivity index (χ0n) is 15.1. The number of urea groups is 1. The van der Waals surface area contributed by atoms with Crippen molar-refractivity contribution in [1.82, 2.24) is 10.6 Å². The maximum atomic E-state index is 12.2. The number of thioether (sulfide) groups is 1. The van der Waals surface area contributed by atoms with E-state index in [0.29, 0.717) is 12.1 Å². The minimum absolute atomic E-state index is 0.0897. The first-order valence-corrected chi connectivity index (χ1v) is 9.59. The van der Waals surface area contributed by atoms with Gasteiger partial charge in [0.25, 0.3) is 0 Å². The number of carbonyl (C=O) groups is 3. The molecule has 142 valence electrons. The molecule has 0 saturated carbocycles. The molecule has 0 aliphatic heterocycles. The van der Waals surface area contributed by atoms with Crippen LogP contribution in [-0.4, -0.2) is 30.3 Å². The van der Waals surface area contributed by atoms with E-state index >= 15 is 0 Å². The second kappa shape index (κ2) is 11.0. The number of amides is 3. The Hall–Kier alpha value is -2.80. The van der Waals surface area contributed by atoms with Gasteiger partial charge in [0.1, 0.15) is 6.61 Å². The van der Waals surface area contributed by atoms with E-state index in [0.717, 1.165) is 16.2 Å². The zero-order valence-corrected chi connectivity index (χ0v) is 15.9. The first-order valence-electron chi connectivity index (χ1n) is 8.60. The van der Waals surface area contributed by atoms with Crippen molar-refractivity contribution in [2.75, 3.05) is 12.4 Å². The number of nitrogens with one attached hydrogen (secondary N) is 2. The molecule has 7 heteroatoms. The Morgan fingerprint density at radius 3 is 2.44 bits per heavy atom. The Balaban J connectivity index is 1.71. The van der Waals surface area contributed by atoms with Gasteiger partial charge in [-0.15, -0.1) is 11.8 Å². The number of hydrogen-bond donors (Lipinski definition) is 2. The van der Waals surface area contributed by atoms with Crippen molar-refractivity contribution in [2.45, 2.75) is 24.8 Å². The molecule has 2 rings (SSSR count). The van der Waals surface area contributed by atoms with E-state index in [2.05, 4.69) is 10.6 Å². The number of benzene rings is 2. The maximum absolute atomic E-state index is 12.2. The predicted molar refractivity (Wildman–Crippen MR) is 105 cm³/mol. The molecule has 2 aromatic carbocycles. The Kier molecular flexibility index (Phi) is 8.38. The fourth-order valence-electron chi connectivity index (χ4n) is 2.24. The number of rotatable bonds is 8. The summed E-state index contributed by atoms with van der Waals surface area (Å²) in [6.07, 6.45) is -0.0897. The van der Waals surface area contributed by atoms with E-state index in [1.807, 2.05) is 49.4 Å². The largest absolute Gasteiger partial charge is 0.462 e. The molecule has 3 amide bonds. The molecule has 6 nitrogen and oxygen atoms in total. The fraction of sp³-hybridized carbons (Fsp3) is 0.250. The second-order valence-corrected chi connectivity index (χ2v) is 6.84. The quantitative estimate of drug-likeness (QED) is 0.537. The molecule has 0 bridgehead atoms. The number of ether oxygens (including phenoxy) is 1. The van der Waals surface area contributed by atoms with Crippen LogP contribution in [0.1, 0.15) is 29.3 Å². The highest BCUT2D eigenvalue weighted by atomic mass is 32.2. The summed E-state index contributed by atoms with van der Waals surface area (Å²) in [4.78, 5) is 36.5. The van der Waals surface area contributed by atoms with Crippen LogP contribution in [0.2, 0.25) is 0 Å². The van der Waals surface area contributed by atoms with Crippen LogP contribution in [0, 0.1) is 0 Å². The van der Waals surface area contributed by atoms with Crippen molar-refractivity contribution < 1.29 is 19.1 Å². The van der Waals surface area contributed by atoms with E-state index in [1.54, 1.807) is 23.9 Å². The molecule has 0 unspecified atom stereocenters. The Morgan fingerprint density at radius 2 is 1.70 bits per heavy atom. The van der Waals surface area contributed by atoms with Crippen LogP contribution in [0.15, 0.2) is 59.5 Å². The Labute approximate surface area is 162 Å². The summed E-state index contributed by atoms with van der Waals surface area (Å²) in [5.74, 6) is -0.150. The lowest BCUT2D eigenvalue weighted by Gasteiger charge is -2.09. The average molecular weight is 386 g/mol. The predicted octanol–water partition coefficient (Wildman–Crippen LogP) is 3.37. The van der Waals surface area contributed by atoms with Crippen LogP contribution in [0.25, 0.3) is 0 Å². The number of hydrogen-bond acceptors (Lipinski definition) is 5. The maximum Gasteiger partial charge on any atom is 0.339 e. The normalized spacial score (nSPS) is 10.1. The van der Waals surface area contributed by atoms with Crippen molar-refractivity contribution >= 4 is 29.7 Å². The molecule has 0 aliphatic rings. The van der Waals surface area contributed by atoms with E-state index in [-0.39, 0.29) is 13.0 Å². The van der Waals surface area contributed by atoms with E-state index < -0.39 is 17.9 Å². The highest BCUT2D eigenvalue weighted by Crippen LogP contribution is 2.22. The van der Waals surface area contributed by atoms with E-state index in [9.17, 15) is 14.4 Å². The standard InChI is InChI=1S/C20H22N2O4S/c1-2-27-17-11-7-6-10-16(17)19(24)26-13-12-18(23)22-20(25)21-14-15-8-4-3-5-9-15/h3-11H,2,12-14H2,1H3,(H2,21,22,23,25). The van der Waals surface area contributed by atoms with Gasteiger partial charge in [0.05, 0.1) is 12.0 Å². The van der Waals surface area contributed by atoms with Crippen molar-refractivity contribution in [1.29, 1.82) is 0 Å². The summed E-state index contributed by atoms with van der Waals surface area (Å²) in [6.45, 7) is 2.22. The molecule has 0 spiro atoms. The molecule has 0 radical (unpaired) electrons. The van der Waals surface area contributed by atoms with Crippen molar-refractivity contribution in [3.05, 3.63) is 65.7 Å². The Bertz CT molecular complexity index is 781. The lowest BCUT2D eigenvalue weighted by Crippen LogP contribution is -2.39. The molecule has 0 heterocycles. The summed E-state index contributed by atoms with van der Waals surface area (Å²) >= 11 is 1.55.